The third-order valence-electron chi connectivity index (χ3n) is 6.63. The van der Waals surface area contributed by atoms with Crippen LogP contribution >= 0.6 is 0 Å². The van der Waals surface area contributed by atoms with E-state index in [-0.39, 0.29) is 29.9 Å². The van der Waals surface area contributed by atoms with Gasteiger partial charge in [-0.3, -0.25) is 4.98 Å². The Kier molecular flexibility index (Phi) is 5.90. The van der Waals surface area contributed by atoms with Crippen LogP contribution in [0.3, 0.4) is 0 Å². The van der Waals surface area contributed by atoms with Crippen LogP contribution in [0.4, 0.5) is 15.0 Å². The Balaban J connectivity index is 1.11. The van der Waals surface area contributed by atoms with Crippen molar-refractivity contribution >= 4 is 11.9 Å². The van der Waals surface area contributed by atoms with Crippen LogP contribution < -0.4 is 5.32 Å². The smallest absolute Gasteiger partial charge is 0.410 e. The zero-order chi connectivity index (χ0) is 22.7. The first kappa shape index (κ1) is 21.3. The second-order valence-corrected chi connectivity index (χ2v) is 8.81. The number of pyridine rings is 1. The maximum absolute atomic E-state index is 14.3. The average molecular weight is 448 g/mol. The molecular formula is C25H26FN5O2. The van der Waals surface area contributed by atoms with Crippen molar-refractivity contribution < 1.29 is 13.9 Å². The van der Waals surface area contributed by atoms with Gasteiger partial charge < -0.3 is 15.0 Å². The fourth-order valence-electron chi connectivity index (χ4n) is 4.42. The Morgan fingerprint density at radius 3 is 2.58 bits per heavy atom. The highest BCUT2D eigenvalue weighted by molar-refractivity contribution is 5.69. The molecule has 0 spiro atoms. The minimum Gasteiger partial charge on any atom is -0.445 e. The fourth-order valence-corrected chi connectivity index (χ4v) is 4.42. The van der Waals surface area contributed by atoms with E-state index in [1.165, 1.54) is 6.07 Å². The zero-order valence-corrected chi connectivity index (χ0v) is 18.3. The summed E-state index contributed by atoms with van der Waals surface area (Å²) in [6.45, 7) is 1.97. The van der Waals surface area contributed by atoms with Crippen LogP contribution in [0.1, 0.15) is 42.1 Å². The summed E-state index contributed by atoms with van der Waals surface area (Å²) < 4.78 is 19.7. The van der Waals surface area contributed by atoms with Gasteiger partial charge in [-0.15, -0.1) is 5.10 Å². The van der Waals surface area contributed by atoms with Crippen LogP contribution in [0.5, 0.6) is 0 Å². The van der Waals surface area contributed by atoms with E-state index in [4.69, 9.17) is 4.74 Å². The number of rotatable bonds is 7. The van der Waals surface area contributed by atoms with Crippen molar-refractivity contribution in [3.8, 4) is 0 Å². The first-order valence-electron chi connectivity index (χ1n) is 11.3. The lowest BCUT2D eigenvalue weighted by Gasteiger charge is -2.41. The monoisotopic (exact) mass is 447 g/mol. The first-order chi connectivity index (χ1) is 16.1. The van der Waals surface area contributed by atoms with Gasteiger partial charge in [-0.05, 0) is 42.7 Å². The van der Waals surface area contributed by atoms with Crippen molar-refractivity contribution in [3.63, 3.8) is 0 Å². The quantitative estimate of drug-likeness (QED) is 0.582. The number of halogens is 1. The summed E-state index contributed by atoms with van der Waals surface area (Å²) in [4.78, 5) is 18.2. The van der Waals surface area contributed by atoms with Gasteiger partial charge in [0.2, 0.25) is 0 Å². The summed E-state index contributed by atoms with van der Waals surface area (Å²) in [6.07, 6.45) is 4.20. The number of hydrogen-bond acceptors (Lipinski definition) is 6. The first-order valence-corrected chi connectivity index (χ1v) is 11.3. The van der Waals surface area contributed by atoms with E-state index >= 15 is 0 Å². The molecule has 2 fully saturated rings. The summed E-state index contributed by atoms with van der Waals surface area (Å²) in [5, 5.41) is 11.9. The Labute approximate surface area is 192 Å². The van der Waals surface area contributed by atoms with E-state index in [2.05, 4.69) is 20.5 Å². The molecule has 33 heavy (non-hydrogen) atoms. The minimum absolute atomic E-state index is 0.149. The van der Waals surface area contributed by atoms with E-state index in [1.54, 1.807) is 17.2 Å². The molecule has 7 nitrogen and oxygen atoms in total. The fraction of sp³-hybridized carbons (Fsp3) is 0.360. The number of amides is 1. The molecule has 0 unspecified atom stereocenters. The molecule has 2 aromatic heterocycles. The van der Waals surface area contributed by atoms with Gasteiger partial charge in [0, 0.05) is 37.2 Å². The summed E-state index contributed by atoms with van der Waals surface area (Å²) >= 11 is 0. The van der Waals surface area contributed by atoms with Crippen molar-refractivity contribution in [3.05, 3.63) is 83.6 Å². The van der Waals surface area contributed by atoms with Crippen LogP contribution in [-0.4, -0.2) is 45.8 Å². The third-order valence-corrected chi connectivity index (χ3v) is 6.63. The number of ether oxygens (including phenoxy) is 1. The molecule has 8 heteroatoms. The number of nitrogens with one attached hydrogen (secondary N) is 1. The number of carbonyl (C=O) groups excluding carboxylic acids is 1. The minimum atomic E-state index is -0.311. The lowest BCUT2D eigenvalue weighted by Crippen LogP contribution is -2.48. The topological polar surface area (TPSA) is 80.2 Å². The van der Waals surface area contributed by atoms with Gasteiger partial charge in [-0.1, -0.05) is 36.8 Å². The number of aromatic nitrogens is 3. The number of anilines is 1. The number of likely N-dealkylation sites (tertiary alicyclic amines) is 1. The second-order valence-electron chi connectivity index (χ2n) is 8.81. The van der Waals surface area contributed by atoms with Crippen LogP contribution in [0, 0.1) is 5.82 Å². The second kappa shape index (κ2) is 9.13. The Morgan fingerprint density at radius 1 is 1.09 bits per heavy atom. The molecule has 0 bridgehead atoms. The van der Waals surface area contributed by atoms with E-state index < -0.39 is 0 Å². The molecule has 2 aliphatic rings. The predicted molar refractivity (Wildman–Crippen MR) is 121 cm³/mol. The molecule has 0 radical (unpaired) electrons. The number of carbonyl (C=O) groups is 1. The van der Waals surface area contributed by atoms with Crippen LogP contribution in [-0.2, 0) is 16.8 Å². The standard InChI is InChI=1S/C25H26FN5O2/c26-20-8-4-13-27-23(20)25(11-5-12-25)17-28-22-10-9-21(29-30-22)19-14-31(15-19)24(32)33-16-18-6-2-1-3-7-18/h1-4,6-10,13,19H,5,11-12,14-17H2,(H,28,30). The SMILES string of the molecule is O=C(OCc1ccccc1)N1CC(c2ccc(NCC3(c4ncccc4F)CCC3)nn2)C1. The lowest BCUT2D eigenvalue weighted by atomic mass is 9.66. The molecule has 5 rings (SSSR count). The van der Waals surface area contributed by atoms with E-state index in [0.29, 0.717) is 31.1 Å². The Morgan fingerprint density at radius 2 is 1.91 bits per heavy atom. The lowest BCUT2D eigenvalue weighted by molar-refractivity contribution is 0.0656. The van der Waals surface area contributed by atoms with Crippen molar-refractivity contribution in [1.82, 2.24) is 20.1 Å². The van der Waals surface area contributed by atoms with Crippen molar-refractivity contribution in [2.24, 2.45) is 0 Å². The van der Waals surface area contributed by atoms with Crippen molar-refractivity contribution in [2.45, 2.75) is 37.2 Å². The molecule has 1 saturated carbocycles. The van der Waals surface area contributed by atoms with Gasteiger partial charge in [0.15, 0.2) is 0 Å². The molecule has 1 aliphatic carbocycles. The maximum Gasteiger partial charge on any atom is 0.410 e. The highest BCUT2D eigenvalue weighted by Gasteiger charge is 2.42. The van der Waals surface area contributed by atoms with E-state index in [0.717, 1.165) is 30.5 Å². The molecule has 170 valence electrons. The van der Waals surface area contributed by atoms with Crippen molar-refractivity contribution in [1.29, 1.82) is 0 Å². The Bertz CT molecular complexity index is 1100. The van der Waals surface area contributed by atoms with Gasteiger partial charge in [-0.25, -0.2) is 9.18 Å². The molecule has 0 atom stereocenters. The molecule has 1 N–H and O–H groups in total. The summed E-state index contributed by atoms with van der Waals surface area (Å²) in [6, 6.07) is 16.5. The molecule has 3 heterocycles. The summed E-state index contributed by atoms with van der Waals surface area (Å²) in [7, 11) is 0. The highest BCUT2D eigenvalue weighted by Crippen LogP contribution is 2.43. The van der Waals surface area contributed by atoms with Crippen LogP contribution in [0.2, 0.25) is 0 Å². The average Bonchev–Trinajstić information content (AvgIpc) is 2.79. The van der Waals surface area contributed by atoms with Crippen LogP contribution in [0.25, 0.3) is 0 Å². The van der Waals surface area contributed by atoms with Gasteiger partial charge in [0.25, 0.3) is 0 Å². The number of benzene rings is 1. The van der Waals surface area contributed by atoms with Crippen molar-refractivity contribution in [2.75, 3.05) is 25.0 Å². The summed E-state index contributed by atoms with van der Waals surface area (Å²) in [5.41, 5.74) is 2.05. The molecule has 1 aliphatic heterocycles. The largest absolute Gasteiger partial charge is 0.445 e. The molecule has 3 aromatic rings. The molecular weight excluding hydrogens is 421 g/mol. The van der Waals surface area contributed by atoms with E-state index in [9.17, 15) is 9.18 Å². The molecule has 1 amide bonds. The van der Waals surface area contributed by atoms with Gasteiger partial charge in [0.05, 0.1) is 11.4 Å². The van der Waals surface area contributed by atoms with Gasteiger partial charge in [0.1, 0.15) is 18.2 Å². The van der Waals surface area contributed by atoms with E-state index in [1.807, 2.05) is 42.5 Å². The van der Waals surface area contributed by atoms with Gasteiger partial charge >= 0.3 is 6.09 Å². The number of hydrogen-bond donors (Lipinski definition) is 1. The predicted octanol–water partition coefficient (Wildman–Crippen LogP) is 4.28. The maximum atomic E-state index is 14.3. The van der Waals surface area contributed by atoms with Gasteiger partial charge in [-0.2, -0.15) is 5.10 Å². The molecule has 1 saturated heterocycles. The number of nitrogens with zero attached hydrogens (tertiary/aromatic N) is 4. The van der Waals surface area contributed by atoms with Crippen LogP contribution in [0.15, 0.2) is 60.8 Å². The summed E-state index contributed by atoms with van der Waals surface area (Å²) in [5.74, 6) is 0.550. The highest BCUT2D eigenvalue weighted by atomic mass is 19.1. The molecule has 1 aromatic carbocycles. The zero-order valence-electron chi connectivity index (χ0n) is 18.3. The normalized spacial score (nSPS) is 17.1. The Hall–Kier alpha value is -3.55. The third kappa shape index (κ3) is 4.51.